The van der Waals surface area contributed by atoms with Gasteiger partial charge in [-0.05, 0) is 19.4 Å². The molecule has 20 nitrogen and oxygen atoms in total. The van der Waals surface area contributed by atoms with Crippen LogP contribution in [0.5, 0.6) is 0 Å². The lowest BCUT2D eigenvalue weighted by Crippen LogP contribution is -2.70. The van der Waals surface area contributed by atoms with E-state index in [0.29, 0.717) is 0 Å². The Morgan fingerprint density at radius 3 is 1.91 bits per heavy atom. The predicted octanol–water partition coefficient (Wildman–Crippen LogP) is -8.07. The second-order valence-corrected chi connectivity index (χ2v) is 11.7. The van der Waals surface area contributed by atoms with Crippen LogP contribution < -0.4 is 27.4 Å². The molecular weight excluding hydrogens is 622 g/mol. The Morgan fingerprint density at radius 1 is 0.804 bits per heavy atom. The van der Waals surface area contributed by atoms with Gasteiger partial charge in [0.25, 0.3) is 0 Å². The highest BCUT2D eigenvalue weighted by Crippen LogP contribution is 2.33. The molecule has 3 amide bonds. The minimum absolute atomic E-state index is 0.0374. The molecule has 266 valence electrons. The van der Waals surface area contributed by atoms with Crippen molar-refractivity contribution in [2.75, 3.05) is 19.7 Å². The Hall–Kier alpha value is -2.15. The molecule has 16 atom stereocenters. The quantitative estimate of drug-likeness (QED) is 0.0917. The first-order valence-corrected chi connectivity index (χ1v) is 14.9. The number of amides is 3. The molecule has 3 rings (SSSR count). The Bertz CT molecular complexity index is 1030. The highest BCUT2D eigenvalue weighted by Gasteiger charge is 2.53. The summed E-state index contributed by atoms with van der Waals surface area (Å²) in [6, 6.07) is -3.74. The number of aliphatic hydroxyl groups is 8. The molecule has 46 heavy (non-hydrogen) atoms. The van der Waals surface area contributed by atoms with E-state index in [1.165, 1.54) is 6.92 Å². The van der Waals surface area contributed by atoms with Gasteiger partial charge in [0.05, 0.1) is 24.7 Å². The van der Waals surface area contributed by atoms with Gasteiger partial charge in [0.1, 0.15) is 67.1 Å². The zero-order valence-electron chi connectivity index (χ0n) is 25.4. The average Bonchev–Trinajstić information content (AvgIpc) is 2.99. The summed E-state index contributed by atoms with van der Waals surface area (Å²) < 4.78 is 22.9. The van der Waals surface area contributed by atoms with Crippen molar-refractivity contribution < 1.29 is 74.2 Å². The topological polar surface area (TPSA) is 338 Å². The maximum absolute atomic E-state index is 12.8. The third kappa shape index (κ3) is 9.05. The molecule has 15 N–H and O–H groups in total. The van der Waals surface area contributed by atoms with Crippen LogP contribution in [0, 0.1) is 0 Å². The molecule has 0 spiro atoms. The standard InChI is InChI=1S/C26H47N5O15/c1-8(33)29-6-13-17(37)19(39)20(40)26(43-13)46-22-10(30-9(2)34)5-11(31-24(42)12(35)3-4-27)23(21(22)41)45-25-18(38)15(28)16(36)14(7-32)44-25/h10-23,25-26,32,35-41H,3-7,27-28H2,1-2H3,(H,29,33)(H,30,34)(H,31,42)/t10-,11+,12-,13+,14+,15-,16+,17+,18+,19-,20+,21-,22+,23-,25+,26+/m0/s1. The fourth-order valence-corrected chi connectivity index (χ4v) is 5.65. The lowest BCUT2D eigenvalue weighted by Gasteiger charge is -2.49. The van der Waals surface area contributed by atoms with E-state index in [4.69, 9.17) is 30.4 Å². The Labute approximate surface area is 263 Å². The van der Waals surface area contributed by atoms with Crippen molar-refractivity contribution in [2.24, 2.45) is 11.5 Å². The van der Waals surface area contributed by atoms with Gasteiger partial charge in [0.15, 0.2) is 12.6 Å². The number of carbonyl (C=O) groups is 3. The van der Waals surface area contributed by atoms with Crippen molar-refractivity contribution >= 4 is 17.7 Å². The molecule has 3 aliphatic rings. The van der Waals surface area contributed by atoms with Crippen molar-refractivity contribution in [1.29, 1.82) is 0 Å². The van der Waals surface area contributed by atoms with Crippen molar-refractivity contribution in [3.8, 4) is 0 Å². The van der Waals surface area contributed by atoms with Crippen LogP contribution in [-0.2, 0) is 33.3 Å². The number of ether oxygens (including phenoxy) is 4. The number of nitrogens with one attached hydrogen (secondary N) is 3. The summed E-state index contributed by atoms with van der Waals surface area (Å²) in [5, 5.41) is 91.5. The van der Waals surface area contributed by atoms with Crippen LogP contribution >= 0.6 is 0 Å². The molecule has 3 fully saturated rings. The Morgan fingerprint density at radius 2 is 1.37 bits per heavy atom. The van der Waals surface area contributed by atoms with Crippen LogP contribution in [-0.4, -0.2) is 176 Å². The van der Waals surface area contributed by atoms with E-state index in [2.05, 4.69) is 16.0 Å². The first kappa shape index (κ1) is 38.3. The maximum atomic E-state index is 12.8. The molecule has 0 bridgehead atoms. The van der Waals surface area contributed by atoms with Gasteiger partial charge in [-0.15, -0.1) is 0 Å². The van der Waals surface area contributed by atoms with Gasteiger partial charge in [-0.3, -0.25) is 14.4 Å². The molecule has 0 aromatic heterocycles. The number of nitrogens with two attached hydrogens (primary N) is 2. The SMILES string of the molecule is CC(=O)NC[C@H]1O[C@H](O[C@H]2[C@H](O)[C@@H](O[C@H]3O[C@H](CO)[C@@H](O)[C@H](N)[C@H]3O)[C@H](NC(=O)[C@@H](O)CCN)C[C@@H]2NC(C)=O)[C@H](O)[C@@H](O)[C@@H]1O. The van der Waals surface area contributed by atoms with Crippen LogP contribution in [0.1, 0.15) is 26.7 Å². The minimum Gasteiger partial charge on any atom is -0.394 e. The van der Waals surface area contributed by atoms with Crippen LogP contribution in [0.4, 0.5) is 0 Å². The molecular formula is C26H47N5O15. The van der Waals surface area contributed by atoms with Gasteiger partial charge in [0, 0.05) is 20.4 Å². The highest BCUT2D eigenvalue weighted by atomic mass is 16.7. The molecule has 0 aromatic carbocycles. The third-order valence-electron chi connectivity index (χ3n) is 8.17. The lowest BCUT2D eigenvalue weighted by molar-refractivity contribution is -0.333. The van der Waals surface area contributed by atoms with Crippen molar-refractivity contribution in [3.05, 3.63) is 0 Å². The average molecular weight is 670 g/mol. The van der Waals surface area contributed by atoms with E-state index >= 15 is 0 Å². The van der Waals surface area contributed by atoms with Crippen LogP contribution in [0.3, 0.4) is 0 Å². The zero-order chi connectivity index (χ0) is 34.5. The molecule has 0 unspecified atom stereocenters. The normalized spacial score (nSPS) is 42.1. The fraction of sp³-hybridized carbons (Fsp3) is 0.885. The summed E-state index contributed by atoms with van der Waals surface area (Å²) in [4.78, 5) is 36.4. The van der Waals surface area contributed by atoms with Gasteiger partial charge in [0.2, 0.25) is 17.7 Å². The van der Waals surface area contributed by atoms with E-state index in [1.54, 1.807) is 0 Å². The monoisotopic (exact) mass is 669 g/mol. The minimum atomic E-state index is -1.88. The van der Waals surface area contributed by atoms with E-state index < -0.39 is 122 Å². The van der Waals surface area contributed by atoms with Gasteiger partial charge >= 0.3 is 0 Å². The summed E-state index contributed by atoms with van der Waals surface area (Å²) >= 11 is 0. The molecule has 0 aromatic rings. The number of hydrogen-bond acceptors (Lipinski definition) is 17. The van der Waals surface area contributed by atoms with Crippen molar-refractivity contribution in [1.82, 2.24) is 16.0 Å². The molecule has 0 radical (unpaired) electrons. The van der Waals surface area contributed by atoms with Gasteiger partial charge in [-0.25, -0.2) is 0 Å². The molecule has 1 saturated carbocycles. The molecule has 2 heterocycles. The summed E-state index contributed by atoms with van der Waals surface area (Å²) in [5.41, 5.74) is 11.3. The third-order valence-corrected chi connectivity index (χ3v) is 8.17. The summed E-state index contributed by atoms with van der Waals surface area (Å²) in [5.74, 6) is -1.99. The number of aliphatic hydroxyl groups excluding tert-OH is 8. The highest BCUT2D eigenvalue weighted by molar-refractivity contribution is 5.81. The van der Waals surface area contributed by atoms with Gasteiger partial charge in [-0.1, -0.05) is 0 Å². The predicted molar refractivity (Wildman–Crippen MR) is 151 cm³/mol. The second-order valence-electron chi connectivity index (χ2n) is 11.7. The maximum Gasteiger partial charge on any atom is 0.249 e. The van der Waals surface area contributed by atoms with Crippen LogP contribution in [0.2, 0.25) is 0 Å². The first-order valence-electron chi connectivity index (χ1n) is 14.9. The first-order chi connectivity index (χ1) is 21.6. The fourth-order valence-electron chi connectivity index (χ4n) is 5.65. The molecule has 20 heteroatoms. The van der Waals surface area contributed by atoms with E-state index in [9.17, 15) is 55.2 Å². The van der Waals surface area contributed by atoms with Crippen molar-refractivity contribution in [2.45, 2.75) is 125 Å². The summed E-state index contributed by atoms with van der Waals surface area (Å²) in [6.45, 7) is 1.32. The molecule has 1 aliphatic carbocycles. The van der Waals surface area contributed by atoms with Crippen LogP contribution in [0.15, 0.2) is 0 Å². The van der Waals surface area contributed by atoms with E-state index in [0.717, 1.165) is 6.92 Å². The summed E-state index contributed by atoms with van der Waals surface area (Å²) in [7, 11) is 0. The summed E-state index contributed by atoms with van der Waals surface area (Å²) in [6.07, 6.45) is -21.5. The lowest BCUT2D eigenvalue weighted by atomic mass is 9.82. The number of carbonyl (C=O) groups excluding carboxylic acids is 3. The molecule has 2 saturated heterocycles. The van der Waals surface area contributed by atoms with E-state index in [-0.39, 0.29) is 25.9 Å². The second kappa shape index (κ2) is 16.8. The Balaban J connectivity index is 1.95. The Kier molecular flexibility index (Phi) is 14.0. The van der Waals surface area contributed by atoms with Crippen molar-refractivity contribution in [3.63, 3.8) is 0 Å². The smallest absolute Gasteiger partial charge is 0.249 e. The van der Waals surface area contributed by atoms with E-state index in [1.807, 2.05) is 0 Å². The van der Waals surface area contributed by atoms with Gasteiger partial charge < -0.3 is 87.2 Å². The largest absolute Gasteiger partial charge is 0.394 e. The molecule has 2 aliphatic heterocycles. The van der Waals surface area contributed by atoms with Crippen LogP contribution in [0.25, 0.3) is 0 Å². The number of hydrogen-bond donors (Lipinski definition) is 13. The number of rotatable bonds is 12. The zero-order valence-corrected chi connectivity index (χ0v) is 25.4. The van der Waals surface area contributed by atoms with Gasteiger partial charge in [-0.2, -0.15) is 0 Å².